The van der Waals surface area contributed by atoms with Gasteiger partial charge in [0, 0.05) is 29.1 Å². The number of anilines is 1. The first-order valence-corrected chi connectivity index (χ1v) is 15.6. The van der Waals surface area contributed by atoms with Gasteiger partial charge in [0.1, 0.15) is 12.6 Å². The lowest BCUT2D eigenvalue weighted by molar-refractivity contribution is -0.140. The Kier molecular flexibility index (Phi) is 11.0. The molecule has 0 bridgehead atoms. The minimum absolute atomic E-state index is 0.0150. The van der Waals surface area contributed by atoms with E-state index in [9.17, 15) is 18.0 Å². The molecule has 0 fully saturated rings. The SMILES string of the molecule is CC[C@@H](C)NC(=O)[C@H](Cc1ccccc1)N(Cc1ccccc1Cl)C(=O)CN(c1ccc(Cl)cc1C)S(C)(=O)=O. The highest BCUT2D eigenvalue weighted by atomic mass is 35.5. The number of nitrogens with zero attached hydrogens (tertiary/aromatic N) is 2. The number of amides is 2. The zero-order valence-corrected chi connectivity index (χ0v) is 25.4. The molecule has 10 heteroatoms. The predicted molar refractivity (Wildman–Crippen MR) is 162 cm³/mol. The van der Waals surface area contributed by atoms with E-state index in [0.29, 0.717) is 33.3 Å². The second-order valence-corrected chi connectivity index (χ2v) is 12.6. The van der Waals surface area contributed by atoms with Gasteiger partial charge < -0.3 is 10.2 Å². The molecule has 40 heavy (non-hydrogen) atoms. The number of carbonyl (C=O) groups excluding carboxylic acids is 2. The third-order valence-corrected chi connectivity index (χ3v) is 8.41. The van der Waals surface area contributed by atoms with Crippen molar-refractivity contribution in [3.8, 4) is 0 Å². The average molecular weight is 605 g/mol. The molecule has 0 unspecified atom stereocenters. The Balaban J connectivity index is 2.09. The zero-order chi connectivity index (χ0) is 29.4. The van der Waals surface area contributed by atoms with Gasteiger partial charge in [-0.3, -0.25) is 13.9 Å². The standard InChI is InChI=1S/C30H35Cl2N3O4S/c1-5-22(3)33-30(37)28(18-23-11-7-6-8-12-23)34(19-24-13-9-10-14-26(24)32)29(36)20-35(40(4,38)39)27-16-15-25(31)17-21(27)2/h6-17,22,28H,5,18-20H2,1-4H3,(H,33,37)/t22-,28+/m1/s1. The lowest BCUT2D eigenvalue weighted by atomic mass is 10.0. The molecule has 0 aliphatic heterocycles. The van der Waals surface area contributed by atoms with Crippen molar-refractivity contribution in [2.75, 3.05) is 17.1 Å². The van der Waals surface area contributed by atoms with Crippen LogP contribution in [0.2, 0.25) is 10.0 Å². The van der Waals surface area contributed by atoms with Crippen molar-refractivity contribution in [2.45, 2.75) is 52.2 Å². The van der Waals surface area contributed by atoms with E-state index in [1.165, 1.54) is 4.90 Å². The summed E-state index contributed by atoms with van der Waals surface area (Å²) in [6, 6.07) is 20.2. The number of hydrogen-bond donors (Lipinski definition) is 1. The van der Waals surface area contributed by atoms with E-state index in [0.717, 1.165) is 16.1 Å². The van der Waals surface area contributed by atoms with Crippen LogP contribution >= 0.6 is 23.2 Å². The van der Waals surface area contributed by atoms with Crippen LogP contribution < -0.4 is 9.62 Å². The fourth-order valence-electron chi connectivity index (χ4n) is 4.30. The number of sulfonamides is 1. The first-order chi connectivity index (χ1) is 18.9. The molecule has 2 amide bonds. The monoisotopic (exact) mass is 603 g/mol. The summed E-state index contributed by atoms with van der Waals surface area (Å²) in [5.74, 6) is -0.868. The molecule has 0 radical (unpaired) electrons. The topological polar surface area (TPSA) is 86.8 Å². The maximum atomic E-state index is 14.1. The fourth-order valence-corrected chi connectivity index (χ4v) is 5.63. The first-order valence-electron chi connectivity index (χ1n) is 13.0. The Bertz CT molecular complexity index is 1430. The summed E-state index contributed by atoms with van der Waals surface area (Å²) in [7, 11) is -3.87. The zero-order valence-electron chi connectivity index (χ0n) is 23.1. The molecule has 0 heterocycles. The Labute approximate surface area is 247 Å². The van der Waals surface area contributed by atoms with E-state index in [2.05, 4.69) is 5.32 Å². The summed E-state index contributed by atoms with van der Waals surface area (Å²) in [6.07, 6.45) is 1.99. The number of rotatable bonds is 12. The first kappa shape index (κ1) is 31.5. The van der Waals surface area contributed by atoms with Crippen molar-refractivity contribution in [1.29, 1.82) is 0 Å². The highest BCUT2D eigenvalue weighted by Gasteiger charge is 2.34. The number of benzene rings is 3. The molecular weight excluding hydrogens is 569 g/mol. The summed E-state index contributed by atoms with van der Waals surface area (Å²) < 4.78 is 26.9. The van der Waals surface area contributed by atoms with Crippen LogP contribution in [0.1, 0.15) is 37.0 Å². The molecular formula is C30H35Cl2N3O4S. The van der Waals surface area contributed by atoms with Gasteiger partial charge in [-0.1, -0.05) is 78.7 Å². The Morgan fingerprint density at radius 2 is 1.62 bits per heavy atom. The Hall–Kier alpha value is -3.07. The number of halogens is 2. The molecule has 0 saturated carbocycles. The van der Waals surface area contributed by atoms with Crippen LogP contribution in [0.15, 0.2) is 72.8 Å². The van der Waals surface area contributed by atoms with Crippen molar-refractivity contribution < 1.29 is 18.0 Å². The molecule has 0 spiro atoms. The molecule has 2 atom stereocenters. The molecule has 0 aromatic heterocycles. The van der Waals surface area contributed by atoms with Crippen molar-refractivity contribution >= 4 is 50.7 Å². The van der Waals surface area contributed by atoms with Gasteiger partial charge in [-0.15, -0.1) is 0 Å². The van der Waals surface area contributed by atoms with E-state index < -0.39 is 28.5 Å². The Morgan fingerprint density at radius 1 is 0.975 bits per heavy atom. The smallest absolute Gasteiger partial charge is 0.244 e. The van der Waals surface area contributed by atoms with Gasteiger partial charge in [0.25, 0.3) is 0 Å². The highest BCUT2D eigenvalue weighted by molar-refractivity contribution is 7.92. The predicted octanol–water partition coefficient (Wildman–Crippen LogP) is 5.62. The second kappa shape index (κ2) is 14.0. The summed E-state index contributed by atoms with van der Waals surface area (Å²) in [5, 5.41) is 3.89. The van der Waals surface area contributed by atoms with Gasteiger partial charge in [0.05, 0.1) is 11.9 Å². The van der Waals surface area contributed by atoms with Crippen LogP contribution in [0, 0.1) is 6.92 Å². The lowest BCUT2D eigenvalue weighted by Crippen LogP contribution is -2.54. The van der Waals surface area contributed by atoms with Crippen LogP contribution in [0.3, 0.4) is 0 Å². The third-order valence-electron chi connectivity index (χ3n) is 6.68. The minimum Gasteiger partial charge on any atom is -0.352 e. The van der Waals surface area contributed by atoms with Crippen LogP contribution in [-0.2, 0) is 32.6 Å². The maximum Gasteiger partial charge on any atom is 0.244 e. The highest BCUT2D eigenvalue weighted by Crippen LogP contribution is 2.27. The summed E-state index contributed by atoms with van der Waals surface area (Å²) in [4.78, 5) is 29.3. The van der Waals surface area contributed by atoms with Gasteiger partial charge >= 0.3 is 0 Å². The van der Waals surface area contributed by atoms with Crippen LogP contribution in [-0.4, -0.2) is 50.0 Å². The van der Waals surface area contributed by atoms with Crippen molar-refractivity contribution in [2.24, 2.45) is 0 Å². The number of nitrogens with one attached hydrogen (secondary N) is 1. The van der Waals surface area contributed by atoms with E-state index in [-0.39, 0.29) is 24.9 Å². The minimum atomic E-state index is -3.87. The molecule has 214 valence electrons. The van der Waals surface area contributed by atoms with E-state index >= 15 is 0 Å². The molecule has 1 N–H and O–H groups in total. The number of carbonyl (C=O) groups is 2. The number of aryl methyl sites for hydroxylation is 1. The van der Waals surface area contributed by atoms with Crippen LogP contribution in [0.5, 0.6) is 0 Å². The Morgan fingerprint density at radius 3 is 2.23 bits per heavy atom. The number of hydrogen-bond acceptors (Lipinski definition) is 4. The molecule has 7 nitrogen and oxygen atoms in total. The average Bonchev–Trinajstić information content (AvgIpc) is 2.90. The van der Waals surface area contributed by atoms with E-state index in [4.69, 9.17) is 23.2 Å². The molecule has 3 aromatic carbocycles. The fraction of sp³-hybridized carbons (Fsp3) is 0.333. The van der Waals surface area contributed by atoms with Crippen molar-refractivity contribution in [1.82, 2.24) is 10.2 Å². The van der Waals surface area contributed by atoms with Gasteiger partial charge in [-0.2, -0.15) is 0 Å². The van der Waals surface area contributed by atoms with Gasteiger partial charge in [0.15, 0.2) is 0 Å². The molecule has 0 aliphatic rings. The molecule has 3 aromatic rings. The maximum absolute atomic E-state index is 14.1. The van der Waals surface area contributed by atoms with Crippen LogP contribution in [0.25, 0.3) is 0 Å². The summed E-state index contributed by atoms with van der Waals surface area (Å²) in [6.45, 7) is 5.09. The molecule has 0 saturated heterocycles. The summed E-state index contributed by atoms with van der Waals surface area (Å²) >= 11 is 12.6. The largest absolute Gasteiger partial charge is 0.352 e. The van der Waals surface area contributed by atoms with Gasteiger partial charge in [-0.05, 0) is 61.2 Å². The van der Waals surface area contributed by atoms with Crippen molar-refractivity contribution in [3.63, 3.8) is 0 Å². The van der Waals surface area contributed by atoms with Crippen LogP contribution in [0.4, 0.5) is 5.69 Å². The third kappa shape index (κ3) is 8.46. The van der Waals surface area contributed by atoms with E-state index in [1.54, 1.807) is 49.4 Å². The molecule has 3 rings (SSSR count). The quantitative estimate of drug-likeness (QED) is 0.291. The summed E-state index contributed by atoms with van der Waals surface area (Å²) in [5.41, 5.74) is 2.43. The second-order valence-electron chi connectivity index (χ2n) is 9.84. The van der Waals surface area contributed by atoms with Crippen molar-refractivity contribution in [3.05, 3.63) is 99.5 Å². The van der Waals surface area contributed by atoms with Gasteiger partial charge in [0.2, 0.25) is 21.8 Å². The normalized spacial score (nSPS) is 12.8. The van der Waals surface area contributed by atoms with Gasteiger partial charge in [-0.25, -0.2) is 8.42 Å². The van der Waals surface area contributed by atoms with E-state index in [1.807, 2.05) is 44.2 Å². The molecule has 0 aliphatic carbocycles. The lowest BCUT2D eigenvalue weighted by Gasteiger charge is -2.34.